The van der Waals surface area contributed by atoms with Crippen molar-refractivity contribution in [3.63, 3.8) is 0 Å². The second-order valence-electron chi connectivity index (χ2n) is 9.46. The van der Waals surface area contributed by atoms with Gasteiger partial charge in [0.05, 0.1) is 28.4 Å². The van der Waals surface area contributed by atoms with Gasteiger partial charge in [-0.3, -0.25) is 9.10 Å². The first-order chi connectivity index (χ1) is 19.7. The topological polar surface area (TPSA) is 97.3 Å². The Morgan fingerprint density at radius 2 is 1.61 bits per heavy atom. The fraction of sp³-hybridized carbons (Fsp3) is 0.161. The van der Waals surface area contributed by atoms with Crippen molar-refractivity contribution < 1.29 is 22.7 Å². The number of hydrogen-bond donors (Lipinski definition) is 1. The standard InChI is InChI=1S/C31H28ClN3O5S/c1-21-7-14-26(15-8-21)41(37,38)35(20-23-9-12-25(32)13-10-23)28-6-4-3-5-27(28)31(36)34-33-22(2)24-11-16-29-30(19-24)40-18-17-39-29/h3-16,19H,17-18,20H2,1-2H3,(H,34,36)/b33-22-. The van der Waals surface area contributed by atoms with Gasteiger partial charge in [-0.1, -0.05) is 53.6 Å². The molecule has 1 aliphatic heterocycles. The van der Waals surface area contributed by atoms with Crippen molar-refractivity contribution in [2.75, 3.05) is 17.5 Å². The van der Waals surface area contributed by atoms with Crippen LogP contribution in [0.25, 0.3) is 0 Å². The summed E-state index contributed by atoms with van der Waals surface area (Å²) in [4.78, 5) is 13.6. The van der Waals surface area contributed by atoms with Crippen LogP contribution in [0, 0.1) is 6.92 Å². The Labute approximate surface area is 244 Å². The van der Waals surface area contributed by atoms with Crippen molar-refractivity contribution >= 4 is 38.9 Å². The molecule has 1 N–H and O–H groups in total. The molecular formula is C31H28ClN3O5S. The number of sulfonamides is 1. The Morgan fingerprint density at radius 1 is 0.927 bits per heavy atom. The predicted molar refractivity (Wildman–Crippen MR) is 160 cm³/mol. The van der Waals surface area contributed by atoms with Gasteiger partial charge in [0, 0.05) is 10.6 Å². The maximum Gasteiger partial charge on any atom is 0.273 e. The number of aryl methyl sites for hydroxylation is 1. The Balaban J connectivity index is 1.48. The normalized spacial score (nSPS) is 13.0. The van der Waals surface area contributed by atoms with Crippen LogP contribution in [0.4, 0.5) is 5.69 Å². The molecule has 4 aromatic rings. The minimum absolute atomic E-state index is 0.0167. The van der Waals surface area contributed by atoms with Crippen molar-refractivity contribution in [1.82, 2.24) is 5.43 Å². The number of fused-ring (bicyclic) bond motifs is 1. The molecule has 41 heavy (non-hydrogen) atoms. The highest BCUT2D eigenvalue weighted by molar-refractivity contribution is 7.92. The monoisotopic (exact) mass is 589 g/mol. The van der Waals surface area contributed by atoms with Gasteiger partial charge in [0.1, 0.15) is 13.2 Å². The Bertz CT molecular complexity index is 1700. The van der Waals surface area contributed by atoms with E-state index in [4.69, 9.17) is 21.1 Å². The first-order valence-electron chi connectivity index (χ1n) is 12.9. The molecule has 1 amide bonds. The third kappa shape index (κ3) is 6.37. The lowest BCUT2D eigenvalue weighted by Crippen LogP contribution is -2.33. The van der Waals surface area contributed by atoms with E-state index in [9.17, 15) is 13.2 Å². The van der Waals surface area contributed by atoms with Gasteiger partial charge in [0.2, 0.25) is 0 Å². The third-order valence-corrected chi connectivity index (χ3v) is 8.58. The van der Waals surface area contributed by atoms with Crippen molar-refractivity contribution in [2.24, 2.45) is 5.10 Å². The maximum absolute atomic E-state index is 14.0. The summed E-state index contributed by atoms with van der Waals surface area (Å²) in [5.74, 6) is 0.707. The number of amides is 1. The average molecular weight is 590 g/mol. The van der Waals surface area contributed by atoms with Gasteiger partial charge in [-0.2, -0.15) is 5.10 Å². The number of hydrazone groups is 1. The molecule has 0 aliphatic carbocycles. The molecule has 0 unspecified atom stereocenters. The summed E-state index contributed by atoms with van der Waals surface area (Å²) < 4.78 is 40.4. The lowest BCUT2D eigenvalue weighted by atomic mass is 10.1. The fourth-order valence-electron chi connectivity index (χ4n) is 4.30. The molecule has 0 saturated carbocycles. The Kier molecular flexibility index (Phi) is 8.28. The predicted octanol–water partition coefficient (Wildman–Crippen LogP) is 5.97. The number of ether oxygens (including phenoxy) is 2. The zero-order valence-corrected chi connectivity index (χ0v) is 24.1. The van der Waals surface area contributed by atoms with E-state index in [-0.39, 0.29) is 22.7 Å². The summed E-state index contributed by atoms with van der Waals surface area (Å²) in [5.41, 5.74) is 5.86. The lowest BCUT2D eigenvalue weighted by molar-refractivity contribution is 0.0955. The summed E-state index contributed by atoms with van der Waals surface area (Å²) >= 11 is 6.06. The van der Waals surface area contributed by atoms with Crippen LogP contribution in [-0.2, 0) is 16.6 Å². The molecule has 0 atom stereocenters. The Hall–Kier alpha value is -4.34. The van der Waals surface area contributed by atoms with Crippen LogP contribution in [-0.4, -0.2) is 33.3 Å². The molecule has 0 saturated heterocycles. The SMILES string of the molecule is C/C(=N/NC(=O)c1ccccc1N(Cc1ccc(Cl)cc1)S(=O)(=O)c1ccc(C)cc1)c1ccc2c(c1)OCCO2. The molecule has 210 valence electrons. The number of benzene rings is 4. The highest BCUT2D eigenvalue weighted by Gasteiger charge is 2.28. The highest BCUT2D eigenvalue weighted by Crippen LogP contribution is 2.32. The summed E-state index contributed by atoms with van der Waals surface area (Å²) in [6, 6.07) is 25.5. The molecule has 0 spiro atoms. The minimum Gasteiger partial charge on any atom is -0.486 e. The number of rotatable bonds is 8. The number of anilines is 1. The van der Waals surface area contributed by atoms with Gasteiger partial charge in [0.15, 0.2) is 11.5 Å². The van der Waals surface area contributed by atoms with E-state index in [2.05, 4.69) is 10.5 Å². The van der Waals surface area contributed by atoms with Crippen LogP contribution in [0.15, 0.2) is 101 Å². The van der Waals surface area contributed by atoms with Crippen molar-refractivity contribution in [1.29, 1.82) is 0 Å². The summed E-state index contributed by atoms with van der Waals surface area (Å²) in [5, 5.41) is 4.82. The smallest absolute Gasteiger partial charge is 0.273 e. The van der Waals surface area contributed by atoms with E-state index in [1.165, 1.54) is 4.31 Å². The van der Waals surface area contributed by atoms with Crippen LogP contribution in [0.5, 0.6) is 11.5 Å². The van der Waals surface area contributed by atoms with E-state index >= 15 is 0 Å². The van der Waals surface area contributed by atoms with Crippen molar-refractivity contribution in [3.8, 4) is 11.5 Å². The van der Waals surface area contributed by atoms with Crippen molar-refractivity contribution in [2.45, 2.75) is 25.3 Å². The number of nitrogens with zero attached hydrogens (tertiary/aromatic N) is 2. The maximum atomic E-state index is 14.0. The largest absolute Gasteiger partial charge is 0.486 e. The molecule has 1 heterocycles. The first kappa shape index (κ1) is 28.2. The van der Waals surface area contributed by atoms with Crippen LogP contribution in [0.1, 0.15) is 34.0 Å². The third-order valence-electron chi connectivity index (χ3n) is 6.55. The van der Waals surface area contributed by atoms with E-state index in [1.807, 2.05) is 13.0 Å². The summed E-state index contributed by atoms with van der Waals surface area (Å²) in [6.45, 7) is 4.57. The average Bonchev–Trinajstić information content (AvgIpc) is 2.99. The van der Waals surface area contributed by atoms with Gasteiger partial charge in [-0.15, -0.1) is 0 Å². The number of para-hydroxylation sites is 1. The minimum atomic E-state index is -4.06. The van der Waals surface area contributed by atoms with E-state index in [0.29, 0.717) is 41.0 Å². The molecule has 8 nitrogen and oxygen atoms in total. The molecule has 0 bridgehead atoms. The van der Waals surface area contributed by atoms with Crippen LogP contribution < -0.4 is 19.2 Å². The van der Waals surface area contributed by atoms with Crippen LogP contribution >= 0.6 is 11.6 Å². The van der Waals surface area contributed by atoms with Gasteiger partial charge >= 0.3 is 0 Å². The first-order valence-corrected chi connectivity index (χ1v) is 14.7. The summed E-state index contributed by atoms with van der Waals surface area (Å²) in [6.07, 6.45) is 0. The zero-order chi connectivity index (χ0) is 29.0. The number of hydrogen-bond acceptors (Lipinski definition) is 6. The highest BCUT2D eigenvalue weighted by atomic mass is 35.5. The van der Waals surface area contributed by atoms with Gasteiger partial charge in [-0.25, -0.2) is 13.8 Å². The quantitative estimate of drug-likeness (QED) is 0.202. The van der Waals surface area contributed by atoms with Crippen LogP contribution in [0.2, 0.25) is 5.02 Å². The molecular weight excluding hydrogens is 562 g/mol. The fourth-order valence-corrected chi connectivity index (χ4v) is 5.90. The number of halogens is 1. The van der Waals surface area contributed by atoms with E-state index < -0.39 is 15.9 Å². The van der Waals surface area contributed by atoms with Gasteiger partial charge in [0.25, 0.3) is 15.9 Å². The molecule has 0 fully saturated rings. The molecule has 4 aromatic carbocycles. The van der Waals surface area contributed by atoms with Gasteiger partial charge < -0.3 is 9.47 Å². The Morgan fingerprint density at radius 3 is 2.34 bits per heavy atom. The molecule has 0 aromatic heterocycles. The number of carbonyl (C=O) groups is 1. The van der Waals surface area contributed by atoms with E-state index in [1.54, 1.807) is 91.9 Å². The molecule has 1 aliphatic rings. The number of carbonyl (C=O) groups excluding carboxylic acids is 1. The molecule has 10 heteroatoms. The summed E-state index contributed by atoms with van der Waals surface area (Å²) in [7, 11) is -4.06. The van der Waals surface area contributed by atoms with Crippen molar-refractivity contribution in [3.05, 3.63) is 118 Å². The second kappa shape index (κ2) is 12.0. The second-order valence-corrected chi connectivity index (χ2v) is 11.8. The molecule has 5 rings (SSSR count). The van der Waals surface area contributed by atoms with Crippen LogP contribution in [0.3, 0.4) is 0 Å². The zero-order valence-electron chi connectivity index (χ0n) is 22.5. The van der Waals surface area contributed by atoms with E-state index in [0.717, 1.165) is 11.1 Å². The lowest BCUT2D eigenvalue weighted by Gasteiger charge is -2.26. The van der Waals surface area contributed by atoms with Gasteiger partial charge in [-0.05, 0) is 74.0 Å². The number of nitrogens with one attached hydrogen (secondary N) is 1. The molecule has 0 radical (unpaired) electrons.